The van der Waals surface area contributed by atoms with Crippen molar-refractivity contribution < 1.29 is 4.79 Å². The Morgan fingerprint density at radius 1 is 0.900 bits per heavy atom. The standard InChI is InChI=1S/C24H23N3O3/c28-22-20(21(23(22)29)26-12-3-4-13-26)25-15-16-7-9-18(10-8-16)24(30)27-14-11-17-5-1-2-6-19(17)27/h1-2,5-10,25H,3-4,11-15H2. The molecule has 1 saturated heterocycles. The molecular weight excluding hydrogens is 378 g/mol. The lowest BCUT2D eigenvalue weighted by atomic mass is 10.1. The molecule has 6 heteroatoms. The normalized spacial score (nSPS) is 15.6. The van der Waals surface area contributed by atoms with Gasteiger partial charge in [-0.15, -0.1) is 0 Å². The van der Waals surface area contributed by atoms with Crippen molar-refractivity contribution in [3.63, 3.8) is 0 Å². The van der Waals surface area contributed by atoms with Crippen LogP contribution in [0.5, 0.6) is 0 Å². The van der Waals surface area contributed by atoms with E-state index in [1.807, 2.05) is 52.3 Å². The summed E-state index contributed by atoms with van der Waals surface area (Å²) in [5.74, 6) is -0.00162. The van der Waals surface area contributed by atoms with Gasteiger partial charge < -0.3 is 15.1 Å². The number of rotatable bonds is 5. The Hall–Kier alpha value is -3.41. The Morgan fingerprint density at radius 2 is 1.63 bits per heavy atom. The maximum atomic E-state index is 12.9. The first-order valence-electron chi connectivity index (χ1n) is 10.4. The first-order valence-corrected chi connectivity index (χ1v) is 10.4. The van der Waals surface area contributed by atoms with Gasteiger partial charge >= 0.3 is 0 Å². The SMILES string of the molecule is O=C(c1ccc(CNc2c(N3CCCC3)c(=O)c2=O)cc1)N1CCc2ccccc21. The van der Waals surface area contributed by atoms with Crippen molar-refractivity contribution in [1.82, 2.24) is 0 Å². The molecule has 0 spiro atoms. The summed E-state index contributed by atoms with van der Waals surface area (Å²) in [4.78, 5) is 40.7. The highest BCUT2D eigenvalue weighted by Gasteiger charge is 2.28. The number of hydrogen-bond acceptors (Lipinski definition) is 5. The molecule has 2 heterocycles. The van der Waals surface area contributed by atoms with Crippen molar-refractivity contribution >= 4 is 23.0 Å². The van der Waals surface area contributed by atoms with Crippen molar-refractivity contribution in [2.24, 2.45) is 0 Å². The Labute approximate surface area is 174 Å². The van der Waals surface area contributed by atoms with Gasteiger partial charge in [-0.1, -0.05) is 30.3 Å². The van der Waals surface area contributed by atoms with Gasteiger partial charge in [0.05, 0.1) is 0 Å². The molecule has 1 fully saturated rings. The van der Waals surface area contributed by atoms with Crippen LogP contribution in [-0.4, -0.2) is 25.5 Å². The number of carbonyl (C=O) groups excluding carboxylic acids is 1. The smallest absolute Gasteiger partial charge is 0.258 e. The van der Waals surface area contributed by atoms with Crippen LogP contribution in [0, 0.1) is 0 Å². The topological polar surface area (TPSA) is 69.7 Å². The Kier molecular flexibility index (Phi) is 4.62. The molecule has 3 aromatic rings. The molecular formula is C24H23N3O3. The zero-order valence-corrected chi connectivity index (χ0v) is 16.7. The number of anilines is 3. The zero-order valence-electron chi connectivity index (χ0n) is 16.7. The second-order valence-electron chi connectivity index (χ2n) is 7.96. The van der Waals surface area contributed by atoms with Gasteiger partial charge in [-0.25, -0.2) is 0 Å². The Morgan fingerprint density at radius 3 is 2.40 bits per heavy atom. The number of nitrogens with one attached hydrogen (secondary N) is 1. The minimum Gasteiger partial charge on any atom is -0.376 e. The van der Waals surface area contributed by atoms with Crippen molar-refractivity contribution in [2.45, 2.75) is 25.8 Å². The fraction of sp³-hybridized carbons (Fsp3) is 0.292. The molecule has 3 aromatic carbocycles. The molecule has 152 valence electrons. The maximum absolute atomic E-state index is 12.9. The van der Waals surface area contributed by atoms with E-state index < -0.39 is 5.43 Å². The number of benzene rings is 2. The highest BCUT2D eigenvalue weighted by molar-refractivity contribution is 6.07. The minimum atomic E-state index is -0.434. The summed E-state index contributed by atoms with van der Waals surface area (Å²) in [6.45, 7) is 2.80. The maximum Gasteiger partial charge on any atom is 0.258 e. The van der Waals surface area contributed by atoms with Gasteiger partial charge in [0.15, 0.2) is 0 Å². The summed E-state index contributed by atoms with van der Waals surface area (Å²) < 4.78 is 0. The highest BCUT2D eigenvalue weighted by atomic mass is 16.2. The fourth-order valence-corrected chi connectivity index (χ4v) is 4.45. The van der Waals surface area contributed by atoms with Crippen LogP contribution in [0.3, 0.4) is 0 Å². The van der Waals surface area contributed by atoms with Gasteiger partial charge in [0.25, 0.3) is 16.8 Å². The van der Waals surface area contributed by atoms with E-state index in [0.29, 0.717) is 30.0 Å². The predicted octanol–water partition coefficient (Wildman–Crippen LogP) is 2.70. The average Bonchev–Trinajstić information content (AvgIpc) is 3.46. The monoisotopic (exact) mass is 401 g/mol. The van der Waals surface area contributed by atoms with E-state index in [9.17, 15) is 14.4 Å². The van der Waals surface area contributed by atoms with E-state index in [4.69, 9.17) is 0 Å². The fourth-order valence-electron chi connectivity index (χ4n) is 4.45. The lowest BCUT2D eigenvalue weighted by Crippen LogP contribution is -2.41. The lowest BCUT2D eigenvalue weighted by molar-refractivity contribution is 0.0989. The van der Waals surface area contributed by atoms with E-state index in [2.05, 4.69) is 11.4 Å². The van der Waals surface area contributed by atoms with Crippen molar-refractivity contribution in [1.29, 1.82) is 0 Å². The summed E-state index contributed by atoms with van der Waals surface area (Å²) >= 11 is 0. The third-order valence-electron chi connectivity index (χ3n) is 6.11. The van der Waals surface area contributed by atoms with Crippen LogP contribution < -0.4 is 26.0 Å². The van der Waals surface area contributed by atoms with Crippen LogP contribution in [0.15, 0.2) is 58.1 Å². The number of para-hydroxylation sites is 1. The molecule has 0 atom stereocenters. The van der Waals surface area contributed by atoms with E-state index in [1.54, 1.807) is 0 Å². The van der Waals surface area contributed by atoms with Crippen molar-refractivity contribution in [3.05, 3.63) is 85.7 Å². The summed E-state index contributed by atoms with van der Waals surface area (Å²) in [6.07, 6.45) is 2.98. The first-order chi connectivity index (χ1) is 14.6. The molecule has 6 nitrogen and oxygen atoms in total. The van der Waals surface area contributed by atoms with Crippen LogP contribution in [-0.2, 0) is 13.0 Å². The van der Waals surface area contributed by atoms with Crippen LogP contribution in [0.4, 0.5) is 17.1 Å². The summed E-state index contributed by atoms with van der Waals surface area (Å²) in [5, 5.41) is 3.13. The molecule has 1 amide bonds. The summed E-state index contributed by atoms with van der Waals surface area (Å²) in [7, 11) is 0. The van der Waals surface area contributed by atoms with Crippen LogP contribution >= 0.6 is 0 Å². The molecule has 0 aliphatic carbocycles. The molecule has 5 rings (SSSR count). The molecule has 0 aromatic heterocycles. The Balaban J connectivity index is 1.27. The van der Waals surface area contributed by atoms with E-state index in [0.717, 1.165) is 43.6 Å². The molecule has 0 unspecified atom stereocenters. The number of carbonyl (C=O) groups is 1. The quantitative estimate of drug-likeness (QED) is 0.666. The van der Waals surface area contributed by atoms with E-state index in [1.165, 1.54) is 5.56 Å². The molecule has 1 N–H and O–H groups in total. The number of amides is 1. The Bertz CT molecular complexity index is 1170. The second-order valence-corrected chi connectivity index (χ2v) is 7.96. The first kappa shape index (κ1) is 18.6. The molecule has 2 aliphatic heterocycles. The highest BCUT2D eigenvalue weighted by Crippen LogP contribution is 2.29. The number of hydrogen-bond donors (Lipinski definition) is 1. The minimum absolute atomic E-state index is 0.00162. The summed E-state index contributed by atoms with van der Waals surface area (Å²) in [5.41, 5.74) is 3.93. The van der Waals surface area contributed by atoms with Crippen LogP contribution in [0.1, 0.15) is 34.3 Å². The van der Waals surface area contributed by atoms with E-state index >= 15 is 0 Å². The van der Waals surface area contributed by atoms with E-state index in [-0.39, 0.29) is 11.3 Å². The average molecular weight is 401 g/mol. The van der Waals surface area contributed by atoms with Crippen LogP contribution in [0.2, 0.25) is 0 Å². The molecule has 2 aliphatic rings. The molecule has 30 heavy (non-hydrogen) atoms. The van der Waals surface area contributed by atoms with Gasteiger partial charge in [-0.3, -0.25) is 14.4 Å². The summed E-state index contributed by atoms with van der Waals surface area (Å²) in [6, 6.07) is 15.4. The van der Waals surface area contributed by atoms with Crippen molar-refractivity contribution in [2.75, 3.05) is 34.8 Å². The van der Waals surface area contributed by atoms with Crippen LogP contribution in [0.25, 0.3) is 0 Å². The zero-order chi connectivity index (χ0) is 20.7. The number of fused-ring (bicyclic) bond motifs is 1. The largest absolute Gasteiger partial charge is 0.376 e. The second kappa shape index (κ2) is 7.44. The van der Waals surface area contributed by atoms with Crippen molar-refractivity contribution in [3.8, 4) is 0 Å². The third kappa shape index (κ3) is 3.09. The number of nitrogens with zero attached hydrogens (tertiary/aromatic N) is 2. The van der Waals surface area contributed by atoms with Gasteiger partial charge in [-0.2, -0.15) is 0 Å². The third-order valence-corrected chi connectivity index (χ3v) is 6.11. The van der Waals surface area contributed by atoms with Gasteiger partial charge in [-0.05, 0) is 48.6 Å². The van der Waals surface area contributed by atoms with Gasteiger partial charge in [0, 0.05) is 37.4 Å². The van der Waals surface area contributed by atoms with Gasteiger partial charge in [0.2, 0.25) is 0 Å². The van der Waals surface area contributed by atoms with Gasteiger partial charge in [0.1, 0.15) is 11.4 Å². The molecule has 0 radical (unpaired) electrons. The molecule has 0 saturated carbocycles. The predicted molar refractivity (Wildman–Crippen MR) is 118 cm³/mol. The lowest BCUT2D eigenvalue weighted by Gasteiger charge is -2.22. The molecule has 0 bridgehead atoms.